The number of H-pyrrole nitrogens is 1. The zero-order valence-electron chi connectivity index (χ0n) is 11.8. The van der Waals surface area contributed by atoms with Crippen molar-refractivity contribution in [3.05, 3.63) is 45.4 Å². The number of amides is 1. The summed E-state index contributed by atoms with van der Waals surface area (Å²) in [5.41, 5.74) is -0.133. The van der Waals surface area contributed by atoms with Crippen molar-refractivity contribution in [3.8, 4) is 0 Å². The number of rotatable bonds is 5. The Hall–Kier alpha value is -2.15. The van der Waals surface area contributed by atoms with Gasteiger partial charge in [-0.2, -0.15) is 5.10 Å². The third-order valence-electron chi connectivity index (χ3n) is 3.09. The van der Waals surface area contributed by atoms with Crippen LogP contribution in [0.15, 0.2) is 23.4 Å². The first-order chi connectivity index (χ1) is 10.1. The van der Waals surface area contributed by atoms with E-state index in [1.807, 2.05) is 13.8 Å². The molecule has 0 bridgehead atoms. The normalized spacial score (nSPS) is 12.1. The molecule has 112 valence electrons. The third kappa shape index (κ3) is 3.30. The van der Waals surface area contributed by atoms with Gasteiger partial charge in [0.05, 0.1) is 11.6 Å². The predicted octanol–water partition coefficient (Wildman–Crippen LogP) is 1.52. The lowest BCUT2D eigenvalue weighted by Crippen LogP contribution is -2.30. The quantitative estimate of drug-likeness (QED) is 0.875. The highest BCUT2D eigenvalue weighted by atomic mass is 35.5. The Morgan fingerprint density at radius 1 is 1.52 bits per heavy atom. The molecule has 0 aliphatic heterocycles. The topological polar surface area (TPSA) is 92.7 Å². The van der Waals surface area contributed by atoms with E-state index in [0.717, 1.165) is 0 Å². The van der Waals surface area contributed by atoms with Crippen LogP contribution in [-0.2, 0) is 6.54 Å². The number of carbonyl (C=O) groups is 1. The molecule has 1 amide bonds. The molecule has 0 spiro atoms. The van der Waals surface area contributed by atoms with E-state index in [-0.39, 0.29) is 17.0 Å². The van der Waals surface area contributed by atoms with Crippen LogP contribution in [0.5, 0.6) is 0 Å². The van der Waals surface area contributed by atoms with Gasteiger partial charge in [-0.1, -0.05) is 18.5 Å². The Labute approximate surface area is 126 Å². The Bertz CT molecular complexity index is 694. The zero-order chi connectivity index (χ0) is 15.4. The summed E-state index contributed by atoms with van der Waals surface area (Å²) in [6, 6.07) is 1.08. The van der Waals surface area contributed by atoms with Crippen LogP contribution in [-0.4, -0.2) is 25.7 Å². The van der Waals surface area contributed by atoms with E-state index in [4.69, 9.17) is 11.6 Å². The van der Waals surface area contributed by atoms with Gasteiger partial charge in [0.15, 0.2) is 0 Å². The van der Waals surface area contributed by atoms with Gasteiger partial charge in [0, 0.05) is 12.7 Å². The summed E-state index contributed by atoms with van der Waals surface area (Å²) in [6.07, 6.45) is 3.47. The van der Waals surface area contributed by atoms with E-state index in [2.05, 4.69) is 20.4 Å². The van der Waals surface area contributed by atoms with Crippen LogP contribution in [0, 0.1) is 0 Å². The lowest BCUT2D eigenvalue weighted by Gasteiger charge is -2.16. The molecule has 8 heteroatoms. The summed E-state index contributed by atoms with van der Waals surface area (Å²) < 4.78 is 1.73. The first-order valence-corrected chi connectivity index (χ1v) is 7.01. The molecule has 0 aromatic carbocycles. The monoisotopic (exact) mass is 309 g/mol. The summed E-state index contributed by atoms with van der Waals surface area (Å²) >= 11 is 5.73. The second kappa shape index (κ2) is 6.53. The van der Waals surface area contributed by atoms with Crippen molar-refractivity contribution in [2.45, 2.75) is 32.9 Å². The van der Waals surface area contributed by atoms with Crippen LogP contribution >= 0.6 is 11.6 Å². The van der Waals surface area contributed by atoms with Gasteiger partial charge in [0.2, 0.25) is 0 Å². The Morgan fingerprint density at radius 3 is 2.90 bits per heavy atom. The fourth-order valence-corrected chi connectivity index (χ4v) is 2.14. The van der Waals surface area contributed by atoms with Crippen LogP contribution in [0.25, 0.3) is 0 Å². The molecule has 0 aliphatic carbocycles. The molecular formula is C13H16ClN5O2. The molecule has 1 atom stereocenters. The van der Waals surface area contributed by atoms with Gasteiger partial charge in [0.25, 0.3) is 11.5 Å². The van der Waals surface area contributed by atoms with Gasteiger partial charge in [-0.3, -0.25) is 9.59 Å². The molecule has 0 aliphatic rings. The minimum atomic E-state index is -0.425. The molecule has 2 rings (SSSR count). The predicted molar refractivity (Wildman–Crippen MR) is 78.3 cm³/mol. The zero-order valence-corrected chi connectivity index (χ0v) is 12.5. The van der Waals surface area contributed by atoms with E-state index in [1.165, 1.54) is 18.6 Å². The smallest absolute Gasteiger partial charge is 0.266 e. The number of hydrogen-bond donors (Lipinski definition) is 2. The fraction of sp³-hybridized carbons (Fsp3) is 0.385. The average molecular weight is 310 g/mol. The highest BCUT2D eigenvalue weighted by molar-refractivity contribution is 6.30. The van der Waals surface area contributed by atoms with Crippen molar-refractivity contribution in [2.75, 3.05) is 0 Å². The average Bonchev–Trinajstić information content (AvgIpc) is 2.95. The van der Waals surface area contributed by atoms with Gasteiger partial charge < -0.3 is 10.3 Å². The third-order valence-corrected chi connectivity index (χ3v) is 3.37. The SMILES string of the molecule is CCC(NC(=O)c1c[nH]c(=O)c(Cl)c1)c1ncnn1CC. The molecule has 2 N–H and O–H groups in total. The molecule has 2 heterocycles. The molecule has 0 fully saturated rings. The number of nitrogens with one attached hydrogen (secondary N) is 2. The Morgan fingerprint density at radius 2 is 2.29 bits per heavy atom. The van der Waals surface area contributed by atoms with E-state index in [1.54, 1.807) is 4.68 Å². The molecule has 1 unspecified atom stereocenters. The summed E-state index contributed by atoms with van der Waals surface area (Å²) in [4.78, 5) is 30.0. The molecule has 21 heavy (non-hydrogen) atoms. The van der Waals surface area contributed by atoms with E-state index in [9.17, 15) is 9.59 Å². The lowest BCUT2D eigenvalue weighted by molar-refractivity contribution is 0.0932. The minimum absolute atomic E-state index is 0.0209. The van der Waals surface area contributed by atoms with E-state index < -0.39 is 5.56 Å². The highest BCUT2D eigenvalue weighted by Gasteiger charge is 2.19. The van der Waals surface area contributed by atoms with Gasteiger partial charge in [-0.05, 0) is 19.4 Å². The maximum Gasteiger partial charge on any atom is 0.266 e. The standard InChI is InChI=1S/C13H16ClN5O2/c1-3-10(11-16-7-17-19(11)4-2)18-12(20)8-5-9(14)13(21)15-6-8/h5-7,10H,3-4H2,1-2H3,(H,15,21)(H,18,20). The molecular weight excluding hydrogens is 294 g/mol. The van der Waals surface area contributed by atoms with Crippen LogP contribution in [0.4, 0.5) is 0 Å². The number of pyridine rings is 1. The van der Waals surface area contributed by atoms with Gasteiger partial charge >= 0.3 is 0 Å². The number of nitrogens with zero attached hydrogens (tertiary/aromatic N) is 3. The minimum Gasteiger partial charge on any atom is -0.342 e. The Kier molecular flexibility index (Phi) is 4.74. The Balaban J connectivity index is 2.20. The molecule has 0 saturated heterocycles. The number of aromatic nitrogens is 4. The number of carbonyl (C=O) groups excluding carboxylic acids is 1. The molecule has 0 saturated carbocycles. The van der Waals surface area contributed by atoms with Crippen LogP contribution < -0.4 is 10.9 Å². The highest BCUT2D eigenvalue weighted by Crippen LogP contribution is 2.15. The van der Waals surface area contributed by atoms with Crippen molar-refractivity contribution in [1.29, 1.82) is 0 Å². The van der Waals surface area contributed by atoms with E-state index >= 15 is 0 Å². The van der Waals surface area contributed by atoms with Crippen molar-refractivity contribution in [3.63, 3.8) is 0 Å². The maximum atomic E-state index is 12.2. The van der Waals surface area contributed by atoms with Crippen LogP contribution in [0.2, 0.25) is 5.02 Å². The molecule has 0 radical (unpaired) electrons. The molecule has 2 aromatic rings. The van der Waals surface area contributed by atoms with Gasteiger partial charge in [0.1, 0.15) is 17.2 Å². The summed E-state index contributed by atoms with van der Waals surface area (Å²) in [5.74, 6) is 0.370. The van der Waals surface area contributed by atoms with Crippen molar-refractivity contribution < 1.29 is 4.79 Å². The van der Waals surface area contributed by atoms with Crippen LogP contribution in [0.1, 0.15) is 42.5 Å². The first-order valence-electron chi connectivity index (χ1n) is 6.63. The van der Waals surface area contributed by atoms with Crippen molar-refractivity contribution in [2.24, 2.45) is 0 Å². The lowest BCUT2D eigenvalue weighted by atomic mass is 10.2. The van der Waals surface area contributed by atoms with Crippen molar-refractivity contribution in [1.82, 2.24) is 25.1 Å². The number of aryl methyl sites for hydroxylation is 1. The van der Waals surface area contributed by atoms with Crippen molar-refractivity contribution >= 4 is 17.5 Å². The first kappa shape index (κ1) is 15.2. The molecule has 7 nitrogen and oxygen atoms in total. The summed E-state index contributed by atoms with van der Waals surface area (Å²) in [6.45, 7) is 4.57. The van der Waals surface area contributed by atoms with Gasteiger partial charge in [-0.25, -0.2) is 9.67 Å². The molecule has 2 aromatic heterocycles. The summed E-state index contributed by atoms with van der Waals surface area (Å²) in [7, 11) is 0. The van der Waals surface area contributed by atoms with Crippen LogP contribution in [0.3, 0.4) is 0 Å². The van der Waals surface area contributed by atoms with Gasteiger partial charge in [-0.15, -0.1) is 0 Å². The fourth-order valence-electron chi connectivity index (χ4n) is 1.96. The second-order valence-corrected chi connectivity index (χ2v) is 4.84. The van der Waals surface area contributed by atoms with E-state index in [0.29, 0.717) is 24.4 Å². The second-order valence-electron chi connectivity index (χ2n) is 4.43. The number of hydrogen-bond acceptors (Lipinski definition) is 4. The number of halogens is 1. The largest absolute Gasteiger partial charge is 0.342 e. The number of aromatic amines is 1. The maximum absolute atomic E-state index is 12.2. The summed E-state index contributed by atoms with van der Waals surface area (Å²) in [5, 5.41) is 6.94.